The van der Waals surface area contributed by atoms with Gasteiger partial charge < -0.3 is 11.1 Å². The summed E-state index contributed by atoms with van der Waals surface area (Å²) in [4.78, 5) is 22.6. The fraction of sp³-hybridized carbons (Fsp3) is 0.176. The summed E-state index contributed by atoms with van der Waals surface area (Å²) in [7, 11) is 0. The molecule has 108 valence electrons. The molecule has 0 aliphatic carbocycles. The Bertz CT molecular complexity index is 606. The zero-order chi connectivity index (χ0) is 15.1. The van der Waals surface area contributed by atoms with Gasteiger partial charge in [0.15, 0.2) is 0 Å². The van der Waals surface area contributed by atoms with Gasteiger partial charge in [-0.2, -0.15) is 0 Å². The molecule has 0 radical (unpaired) electrons. The summed E-state index contributed by atoms with van der Waals surface area (Å²) in [6.07, 6.45) is 1.30. The highest BCUT2D eigenvalue weighted by molar-refractivity contribution is 5.92. The summed E-state index contributed by atoms with van der Waals surface area (Å²) in [5.41, 5.74) is 7.87. The molecule has 0 aromatic heterocycles. The largest absolute Gasteiger partial charge is 0.370 e. The van der Waals surface area contributed by atoms with Crippen molar-refractivity contribution in [2.24, 2.45) is 5.73 Å². The summed E-state index contributed by atoms with van der Waals surface area (Å²) in [6.45, 7) is 0. The van der Waals surface area contributed by atoms with E-state index in [0.717, 1.165) is 16.8 Å². The van der Waals surface area contributed by atoms with E-state index in [0.29, 0.717) is 19.3 Å². The van der Waals surface area contributed by atoms with Crippen molar-refractivity contribution < 1.29 is 9.59 Å². The molecule has 0 spiro atoms. The number of aryl methyl sites for hydroxylation is 1. The summed E-state index contributed by atoms with van der Waals surface area (Å²) in [6, 6.07) is 17.0. The first-order valence-electron chi connectivity index (χ1n) is 6.84. The normalized spacial score (nSPS) is 10.1. The van der Waals surface area contributed by atoms with Crippen molar-refractivity contribution in [1.82, 2.24) is 0 Å². The van der Waals surface area contributed by atoms with E-state index < -0.39 is 0 Å². The Morgan fingerprint density at radius 2 is 1.57 bits per heavy atom. The van der Waals surface area contributed by atoms with Crippen molar-refractivity contribution in [1.29, 1.82) is 0 Å². The van der Waals surface area contributed by atoms with Gasteiger partial charge in [-0.3, -0.25) is 9.59 Å². The van der Waals surface area contributed by atoms with Gasteiger partial charge in [0, 0.05) is 12.1 Å². The zero-order valence-electron chi connectivity index (χ0n) is 11.7. The molecule has 2 rings (SSSR count). The minimum absolute atomic E-state index is 0.0499. The number of rotatable bonds is 6. The lowest BCUT2D eigenvalue weighted by atomic mass is 10.1. The van der Waals surface area contributed by atoms with Crippen LogP contribution in [0.5, 0.6) is 0 Å². The number of nitrogens with two attached hydrogens (primary N) is 1. The Morgan fingerprint density at radius 3 is 2.19 bits per heavy atom. The van der Waals surface area contributed by atoms with E-state index in [1.165, 1.54) is 0 Å². The van der Waals surface area contributed by atoms with Gasteiger partial charge in [0.05, 0.1) is 6.42 Å². The molecule has 3 N–H and O–H groups in total. The Balaban J connectivity index is 1.88. The first-order chi connectivity index (χ1) is 10.1. The van der Waals surface area contributed by atoms with Crippen LogP contribution in [-0.2, 0) is 22.4 Å². The third kappa shape index (κ3) is 5.10. The molecule has 0 bridgehead atoms. The van der Waals surface area contributed by atoms with E-state index in [-0.39, 0.29) is 11.8 Å². The quantitative estimate of drug-likeness (QED) is 0.853. The number of benzene rings is 2. The van der Waals surface area contributed by atoms with Gasteiger partial charge in [0.2, 0.25) is 11.8 Å². The molecular weight excluding hydrogens is 264 g/mol. The molecule has 4 heteroatoms. The van der Waals surface area contributed by atoms with E-state index in [1.54, 1.807) is 0 Å². The number of anilines is 1. The highest BCUT2D eigenvalue weighted by Crippen LogP contribution is 2.12. The molecule has 2 aromatic carbocycles. The molecule has 2 amide bonds. The SMILES string of the molecule is NC(=O)CCc1ccc(NC(=O)Cc2ccccc2)cc1. The van der Waals surface area contributed by atoms with Gasteiger partial charge in [-0.1, -0.05) is 42.5 Å². The van der Waals surface area contributed by atoms with Crippen molar-refractivity contribution in [2.45, 2.75) is 19.3 Å². The smallest absolute Gasteiger partial charge is 0.228 e. The van der Waals surface area contributed by atoms with Crippen LogP contribution >= 0.6 is 0 Å². The van der Waals surface area contributed by atoms with Gasteiger partial charge in [-0.15, -0.1) is 0 Å². The van der Waals surface area contributed by atoms with Gasteiger partial charge in [-0.25, -0.2) is 0 Å². The number of carbonyl (C=O) groups excluding carboxylic acids is 2. The Labute approximate surface area is 124 Å². The second-order valence-electron chi connectivity index (χ2n) is 4.87. The molecule has 0 saturated heterocycles. The minimum Gasteiger partial charge on any atom is -0.370 e. The first kappa shape index (κ1) is 14.8. The number of carbonyl (C=O) groups is 2. The van der Waals surface area contributed by atoms with Crippen LogP contribution in [0.3, 0.4) is 0 Å². The van der Waals surface area contributed by atoms with Gasteiger partial charge in [0.1, 0.15) is 0 Å². The standard InChI is InChI=1S/C17H18N2O2/c18-16(20)11-8-13-6-9-15(10-7-13)19-17(21)12-14-4-2-1-3-5-14/h1-7,9-10H,8,11-12H2,(H2,18,20)(H,19,21). The Morgan fingerprint density at radius 1 is 0.905 bits per heavy atom. The predicted octanol–water partition coefficient (Wildman–Crippen LogP) is 2.29. The summed E-state index contributed by atoms with van der Waals surface area (Å²) in [5, 5.41) is 2.85. The molecule has 4 nitrogen and oxygen atoms in total. The lowest BCUT2D eigenvalue weighted by molar-refractivity contribution is -0.118. The average Bonchev–Trinajstić information content (AvgIpc) is 2.47. The van der Waals surface area contributed by atoms with Crippen LogP contribution < -0.4 is 11.1 Å². The lowest BCUT2D eigenvalue weighted by Crippen LogP contribution is -2.14. The second-order valence-corrected chi connectivity index (χ2v) is 4.87. The van der Waals surface area contributed by atoms with Crippen LogP contribution in [0, 0.1) is 0 Å². The van der Waals surface area contributed by atoms with Crippen LogP contribution in [0.15, 0.2) is 54.6 Å². The zero-order valence-corrected chi connectivity index (χ0v) is 11.7. The van der Waals surface area contributed by atoms with Crippen molar-refractivity contribution in [2.75, 3.05) is 5.32 Å². The third-order valence-electron chi connectivity index (χ3n) is 3.11. The van der Waals surface area contributed by atoms with Crippen molar-refractivity contribution in [3.05, 3.63) is 65.7 Å². The topological polar surface area (TPSA) is 72.2 Å². The predicted molar refractivity (Wildman–Crippen MR) is 82.7 cm³/mol. The van der Waals surface area contributed by atoms with Crippen LogP contribution in [0.25, 0.3) is 0 Å². The number of nitrogens with one attached hydrogen (secondary N) is 1. The molecule has 0 atom stereocenters. The van der Waals surface area contributed by atoms with E-state index in [1.807, 2.05) is 54.6 Å². The second kappa shape index (κ2) is 7.24. The summed E-state index contributed by atoms with van der Waals surface area (Å²) in [5.74, 6) is -0.360. The number of hydrogen-bond donors (Lipinski definition) is 2. The van der Waals surface area contributed by atoms with Gasteiger partial charge in [-0.05, 0) is 29.7 Å². The molecule has 0 unspecified atom stereocenters. The van der Waals surface area contributed by atoms with Gasteiger partial charge in [0.25, 0.3) is 0 Å². The van der Waals surface area contributed by atoms with Crippen molar-refractivity contribution in [3.8, 4) is 0 Å². The molecule has 21 heavy (non-hydrogen) atoms. The van der Waals surface area contributed by atoms with Crippen LogP contribution in [0.2, 0.25) is 0 Å². The summed E-state index contributed by atoms with van der Waals surface area (Å²) >= 11 is 0. The van der Waals surface area contributed by atoms with Crippen LogP contribution in [0.1, 0.15) is 17.5 Å². The molecule has 0 saturated carbocycles. The maximum Gasteiger partial charge on any atom is 0.228 e. The van der Waals surface area contributed by atoms with E-state index in [2.05, 4.69) is 5.32 Å². The molecule has 0 aliphatic rings. The number of amides is 2. The molecule has 0 fully saturated rings. The number of hydrogen-bond acceptors (Lipinski definition) is 2. The van der Waals surface area contributed by atoms with E-state index >= 15 is 0 Å². The first-order valence-corrected chi connectivity index (χ1v) is 6.84. The highest BCUT2D eigenvalue weighted by atomic mass is 16.1. The van der Waals surface area contributed by atoms with Crippen molar-refractivity contribution >= 4 is 17.5 Å². The average molecular weight is 282 g/mol. The fourth-order valence-electron chi connectivity index (χ4n) is 2.01. The fourth-order valence-corrected chi connectivity index (χ4v) is 2.01. The van der Waals surface area contributed by atoms with Crippen LogP contribution in [0.4, 0.5) is 5.69 Å². The van der Waals surface area contributed by atoms with E-state index in [9.17, 15) is 9.59 Å². The molecular formula is C17H18N2O2. The molecule has 0 heterocycles. The highest BCUT2D eigenvalue weighted by Gasteiger charge is 2.04. The Hall–Kier alpha value is -2.62. The maximum absolute atomic E-state index is 11.9. The van der Waals surface area contributed by atoms with E-state index in [4.69, 9.17) is 5.73 Å². The monoisotopic (exact) mass is 282 g/mol. The van der Waals surface area contributed by atoms with Gasteiger partial charge >= 0.3 is 0 Å². The lowest BCUT2D eigenvalue weighted by Gasteiger charge is -2.06. The summed E-state index contributed by atoms with van der Waals surface area (Å²) < 4.78 is 0. The third-order valence-corrected chi connectivity index (χ3v) is 3.11. The van der Waals surface area contributed by atoms with Crippen molar-refractivity contribution in [3.63, 3.8) is 0 Å². The van der Waals surface area contributed by atoms with Crippen LogP contribution in [-0.4, -0.2) is 11.8 Å². The maximum atomic E-state index is 11.9. The molecule has 2 aromatic rings. The minimum atomic E-state index is -0.310. The Kier molecular flexibility index (Phi) is 5.10. The number of primary amides is 1. The molecule has 0 aliphatic heterocycles.